The number of amides is 1. The predicted molar refractivity (Wildman–Crippen MR) is 74.4 cm³/mol. The van der Waals surface area contributed by atoms with E-state index in [0.717, 1.165) is 6.42 Å². The molecule has 3 heteroatoms. The Balaban J connectivity index is 2.52. The van der Waals surface area contributed by atoms with Crippen molar-refractivity contribution in [2.24, 2.45) is 5.92 Å². The topological polar surface area (TPSA) is 38.3 Å². The van der Waals surface area contributed by atoms with E-state index in [4.69, 9.17) is 4.74 Å². The first-order valence-electron chi connectivity index (χ1n) is 6.97. The Kier molecular flexibility index (Phi) is 5.86. The highest BCUT2D eigenvalue weighted by Crippen LogP contribution is 2.29. The number of rotatable bonds is 6. The van der Waals surface area contributed by atoms with Gasteiger partial charge in [0, 0.05) is 5.54 Å². The second kappa shape index (κ2) is 6.93. The molecule has 1 amide bonds. The Hall–Kier alpha value is -0.830. The molecule has 3 nitrogen and oxygen atoms in total. The highest BCUT2D eigenvalue weighted by atomic mass is 16.5. The van der Waals surface area contributed by atoms with E-state index in [-0.39, 0.29) is 17.6 Å². The molecule has 0 aromatic rings. The van der Waals surface area contributed by atoms with Gasteiger partial charge < -0.3 is 10.1 Å². The smallest absolute Gasteiger partial charge is 0.249 e. The lowest BCUT2D eigenvalue weighted by atomic mass is 9.98. The van der Waals surface area contributed by atoms with E-state index in [2.05, 4.69) is 11.9 Å². The molecule has 1 aliphatic rings. The summed E-state index contributed by atoms with van der Waals surface area (Å²) < 4.78 is 5.63. The van der Waals surface area contributed by atoms with Crippen LogP contribution in [0.25, 0.3) is 0 Å². The van der Waals surface area contributed by atoms with E-state index in [0.29, 0.717) is 12.5 Å². The minimum Gasteiger partial charge on any atom is -0.364 e. The number of carbonyl (C=O) groups excluding carboxylic acids is 1. The van der Waals surface area contributed by atoms with Gasteiger partial charge in [-0.15, -0.1) is 6.58 Å². The molecule has 18 heavy (non-hydrogen) atoms. The summed E-state index contributed by atoms with van der Waals surface area (Å²) in [6.07, 6.45) is 7.26. The van der Waals surface area contributed by atoms with Gasteiger partial charge in [-0.1, -0.05) is 31.8 Å². The molecule has 0 radical (unpaired) electrons. The van der Waals surface area contributed by atoms with Gasteiger partial charge in [0.25, 0.3) is 0 Å². The molecule has 1 N–H and O–H groups in total. The molecular formula is C15H27NO2. The summed E-state index contributed by atoms with van der Waals surface area (Å²) in [4.78, 5) is 12.2. The third-order valence-electron chi connectivity index (χ3n) is 3.23. The van der Waals surface area contributed by atoms with E-state index >= 15 is 0 Å². The van der Waals surface area contributed by atoms with E-state index in [1.54, 1.807) is 6.08 Å². The molecule has 1 fully saturated rings. The van der Waals surface area contributed by atoms with E-state index in [9.17, 15) is 4.79 Å². The number of carbonyl (C=O) groups is 1. The van der Waals surface area contributed by atoms with E-state index < -0.39 is 0 Å². The van der Waals surface area contributed by atoms with Crippen LogP contribution in [0.5, 0.6) is 0 Å². The van der Waals surface area contributed by atoms with Crippen LogP contribution in [-0.2, 0) is 9.53 Å². The fourth-order valence-electron chi connectivity index (χ4n) is 2.43. The number of ether oxygens (including phenoxy) is 1. The fraction of sp³-hybridized carbons (Fsp3) is 0.800. The second-order valence-electron chi connectivity index (χ2n) is 6.24. The van der Waals surface area contributed by atoms with Gasteiger partial charge in [0.2, 0.25) is 5.91 Å². The maximum atomic E-state index is 12.2. The number of nitrogens with one attached hydrogen (secondary N) is 1. The van der Waals surface area contributed by atoms with Gasteiger partial charge in [-0.3, -0.25) is 4.79 Å². The SMILES string of the molecule is C=CCOC(CC1CCCC1)C(=O)NC(C)(C)C. The second-order valence-corrected chi connectivity index (χ2v) is 6.24. The fourth-order valence-corrected chi connectivity index (χ4v) is 2.43. The Labute approximate surface area is 111 Å². The summed E-state index contributed by atoms with van der Waals surface area (Å²) in [5, 5.41) is 3.00. The van der Waals surface area contributed by atoms with Crippen molar-refractivity contribution in [2.75, 3.05) is 6.61 Å². The average Bonchev–Trinajstić information content (AvgIpc) is 2.74. The predicted octanol–water partition coefficient (Wildman–Crippen LogP) is 3.05. The van der Waals surface area contributed by atoms with E-state index in [1.165, 1.54) is 25.7 Å². The number of hydrogen-bond acceptors (Lipinski definition) is 2. The van der Waals surface area contributed by atoms with Crippen LogP contribution in [0.2, 0.25) is 0 Å². The number of hydrogen-bond donors (Lipinski definition) is 1. The largest absolute Gasteiger partial charge is 0.364 e. The van der Waals surface area contributed by atoms with Crippen molar-refractivity contribution < 1.29 is 9.53 Å². The summed E-state index contributed by atoms with van der Waals surface area (Å²) in [5.41, 5.74) is -0.206. The normalized spacial score (nSPS) is 18.6. The van der Waals surface area contributed by atoms with Crippen LogP contribution >= 0.6 is 0 Å². The van der Waals surface area contributed by atoms with Crippen molar-refractivity contribution in [3.63, 3.8) is 0 Å². The molecule has 0 bridgehead atoms. The molecule has 104 valence electrons. The zero-order valence-electron chi connectivity index (χ0n) is 12.0. The van der Waals surface area contributed by atoms with Gasteiger partial charge in [0.05, 0.1) is 6.61 Å². The first kappa shape index (κ1) is 15.2. The molecule has 0 saturated heterocycles. The van der Waals surface area contributed by atoms with Crippen LogP contribution in [0.1, 0.15) is 52.9 Å². The van der Waals surface area contributed by atoms with Gasteiger partial charge in [-0.05, 0) is 33.1 Å². The lowest BCUT2D eigenvalue weighted by Gasteiger charge is -2.26. The quantitative estimate of drug-likeness (QED) is 0.739. The van der Waals surface area contributed by atoms with Crippen LogP contribution in [0.4, 0.5) is 0 Å². The summed E-state index contributed by atoms with van der Waals surface area (Å²) in [7, 11) is 0. The Morgan fingerprint density at radius 1 is 1.44 bits per heavy atom. The van der Waals surface area contributed by atoms with E-state index in [1.807, 2.05) is 20.8 Å². The maximum absolute atomic E-state index is 12.2. The molecule has 1 atom stereocenters. The van der Waals surface area contributed by atoms with Crippen molar-refractivity contribution >= 4 is 5.91 Å². The molecule has 0 spiro atoms. The Bertz CT molecular complexity index is 275. The molecule has 0 aliphatic heterocycles. The standard InChI is InChI=1S/C15H27NO2/c1-5-10-18-13(11-12-8-6-7-9-12)14(17)16-15(2,3)4/h5,12-13H,1,6-11H2,2-4H3,(H,16,17). The first-order chi connectivity index (χ1) is 8.42. The Morgan fingerprint density at radius 3 is 2.56 bits per heavy atom. The molecule has 0 aromatic heterocycles. The molecule has 1 saturated carbocycles. The van der Waals surface area contributed by atoms with Crippen LogP contribution in [0, 0.1) is 5.92 Å². The summed E-state index contributed by atoms with van der Waals surface area (Å²) in [5.74, 6) is 0.654. The highest BCUT2D eigenvalue weighted by molar-refractivity contribution is 5.81. The van der Waals surface area contributed by atoms with Gasteiger partial charge >= 0.3 is 0 Å². The van der Waals surface area contributed by atoms with Crippen molar-refractivity contribution in [3.8, 4) is 0 Å². The molecular weight excluding hydrogens is 226 g/mol. The molecule has 0 aromatic carbocycles. The van der Waals surface area contributed by atoms with Crippen molar-refractivity contribution in [1.82, 2.24) is 5.32 Å². The van der Waals surface area contributed by atoms with Gasteiger partial charge in [-0.25, -0.2) is 0 Å². The summed E-state index contributed by atoms with van der Waals surface area (Å²) in [6, 6.07) is 0. The summed E-state index contributed by atoms with van der Waals surface area (Å²) in [6.45, 7) is 10.1. The average molecular weight is 253 g/mol. The van der Waals surface area contributed by atoms with Crippen LogP contribution in [0.3, 0.4) is 0 Å². The zero-order chi connectivity index (χ0) is 13.6. The zero-order valence-corrected chi connectivity index (χ0v) is 12.0. The van der Waals surface area contributed by atoms with Crippen LogP contribution < -0.4 is 5.32 Å². The van der Waals surface area contributed by atoms with Crippen molar-refractivity contribution in [1.29, 1.82) is 0 Å². The van der Waals surface area contributed by atoms with Gasteiger partial charge in [-0.2, -0.15) is 0 Å². The minimum absolute atomic E-state index is 0.0104. The molecule has 0 heterocycles. The third kappa shape index (κ3) is 5.67. The van der Waals surface area contributed by atoms with Gasteiger partial charge in [0.1, 0.15) is 6.10 Å². The lowest BCUT2D eigenvalue weighted by Crippen LogP contribution is -2.47. The van der Waals surface area contributed by atoms with Crippen LogP contribution in [0.15, 0.2) is 12.7 Å². The highest BCUT2D eigenvalue weighted by Gasteiger charge is 2.27. The molecule has 1 unspecified atom stereocenters. The minimum atomic E-state index is -0.328. The Morgan fingerprint density at radius 2 is 2.06 bits per heavy atom. The first-order valence-corrected chi connectivity index (χ1v) is 6.97. The van der Waals surface area contributed by atoms with Crippen LogP contribution in [-0.4, -0.2) is 24.2 Å². The molecule has 1 aliphatic carbocycles. The summed E-state index contributed by atoms with van der Waals surface area (Å²) >= 11 is 0. The molecule has 1 rings (SSSR count). The van der Waals surface area contributed by atoms with Crippen molar-refractivity contribution in [3.05, 3.63) is 12.7 Å². The van der Waals surface area contributed by atoms with Gasteiger partial charge in [0.15, 0.2) is 0 Å². The third-order valence-corrected chi connectivity index (χ3v) is 3.23. The van der Waals surface area contributed by atoms with Crippen molar-refractivity contribution in [2.45, 2.75) is 64.5 Å². The maximum Gasteiger partial charge on any atom is 0.249 e. The lowest BCUT2D eigenvalue weighted by molar-refractivity contribution is -0.134. The monoisotopic (exact) mass is 253 g/mol.